The minimum absolute atomic E-state index is 0.00705. The molecule has 27 heavy (non-hydrogen) atoms. The molecule has 1 heterocycles. The van der Waals surface area contributed by atoms with Gasteiger partial charge in [-0.3, -0.25) is 14.5 Å². The molecule has 142 valence electrons. The molecule has 0 aliphatic carbocycles. The highest BCUT2D eigenvalue weighted by Crippen LogP contribution is 2.34. The molecule has 1 aliphatic heterocycles. The standard InChI is InChI=1S/C19H20FN3O4/c1-12(19(25)22-15-7-8-16-17(9-15)27-11-26-16)23(2)10-18(24)21-14-5-3-13(20)4-6-14/h3-9,12H,10-11H2,1-2H3,(H,21,24)(H,22,25)/t12-/m0/s1. The molecule has 1 atom stereocenters. The Morgan fingerprint density at radius 3 is 2.48 bits per heavy atom. The van der Waals surface area contributed by atoms with E-state index in [2.05, 4.69) is 10.6 Å². The minimum atomic E-state index is -0.547. The topological polar surface area (TPSA) is 79.9 Å². The number of nitrogens with zero attached hydrogens (tertiary/aromatic N) is 1. The number of benzene rings is 2. The molecule has 1 aliphatic rings. The van der Waals surface area contributed by atoms with Gasteiger partial charge in [-0.25, -0.2) is 4.39 Å². The summed E-state index contributed by atoms with van der Waals surface area (Å²) in [6, 6.07) is 10.1. The summed E-state index contributed by atoms with van der Waals surface area (Å²) >= 11 is 0. The van der Waals surface area contributed by atoms with Crippen LogP contribution in [0.25, 0.3) is 0 Å². The number of ether oxygens (including phenoxy) is 2. The molecular formula is C19H20FN3O4. The zero-order valence-corrected chi connectivity index (χ0v) is 15.0. The number of rotatable bonds is 6. The van der Waals surface area contributed by atoms with Gasteiger partial charge < -0.3 is 20.1 Å². The summed E-state index contributed by atoms with van der Waals surface area (Å²) in [6.07, 6.45) is 0. The average Bonchev–Trinajstić information content (AvgIpc) is 3.10. The van der Waals surface area contributed by atoms with Crippen LogP contribution in [0.15, 0.2) is 42.5 Å². The predicted octanol–water partition coefficient (Wildman–Crippen LogP) is 2.45. The molecule has 2 amide bonds. The normalized spacial score (nSPS) is 13.3. The summed E-state index contributed by atoms with van der Waals surface area (Å²) in [4.78, 5) is 26.2. The van der Waals surface area contributed by atoms with Crippen molar-refractivity contribution in [2.75, 3.05) is 31.0 Å². The summed E-state index contributed by atoms with van der Waals surface area (Å²) in [6.45, 7) is 1.87. The highest BCUT2D eigenvalue weighted by atomic mass is 19.1. The number of halogens is 1. The van der Waals surface area contributed by atoms with E-state index < -0.39 is 6.04 Å². The summed E-state index contributed by atoms with van der Waals surface area (Å²) in [5, 5.41) is 5.45. The highest BCUT2D eigenvalue weighted by molar-refractivity contribution is 5.96. The van der Waals surface area contributed by atoms with E-state index in [-0.39, 0.29) is 31.0 Å². The van der Waals surface area contributed by atoms with E-state index >= 15 is 0 Å². The Bertz CT molecular complexity index is 841. The van der Waals surface area contributed by atoms with Crippen molar-refractivity contribution in [2.45, 2.75) is 13.0 Å². The van der Waals surface area contributed by atoms with Crippen LogP contribution in [-0.4, -0.2) is 43.1 Å². The highest BCUT2D eigenvalue weighted by Gasteiger charge is 2.21. The second kappa shape index (κ2) is 8.05. The van der Waals surface area contributed by atoms with Gasteiger partial charge in [-0.2, -0.15) is 0 Å². The fourth-order valence-corrected chi connectivity index (χ4v) is 2.52. The van der Waals surface area contributed by atoms with E-state index in [4.69, 9.17) is 9.47 Å². The number of nitrogens with one attached hydrogen (secondary N) is 2. The maximum atomic E-state index is 12.9. The first-order valence-corrected chi connectivity index (χ1v) is 8.38. The maximum Gasteiger partial charge on any atom is 0.241 e. The van der Waals surface area contributed by atoms with E-state index in [0.717, 1.165) is 0 Å². The number of anilines is 2. The lowest BCUT2D eigenvalue weighted by Gasteiger charge is -2.23. The molecule has 2 aromatic rings. The lowest BCUT2D eigenvalue weighted by atomic mass is 10.2. The Morgan fingerprint density at radius 2 is 1.74 bits per heavy atom. The zero-order chi connectivity index (χ0) is 19.4. The van der Waals surface area contributed by atoms with Crippen LogP contribution in [0.1, 0.15) is 6.92 Å². The largest absolute Gasteiger partial charge is 0.454 e. The first-order chi connectivity index (χ1) is 12.9. The van der Waals surface area contributed by atoms with Crippen molar-refractivity contribution in [2.24, 2.45) is 0 Å². The Kier molecular flexibility index (Phi) is 5.56. The second-order valence-electron chi connectivity index (χ2n) is 6.20. The maximum absolute atomic E-state index is 12.9. The van der Waals surface area contributed by atoms with Crippen LogP contribution in [0.4, 0.5) is 15.8 Å². The molecular weight excluding hydrogens is 353 g/mol. The lowest BCUT2D eigenvalue weighted by molar-refractivity contribution is -0.122. The van der Waals surface area contributed by atoms with Gasteiger partial charge in [0.25, 0.3) is 0 Å². The monoisotopic (exact) mass is 373 g/mol. The lowest BCUT2D eigenvalue weighted by Crippen LogP contribution is -2.43. The van der Waals surface area contributed by atoms with E-state index in [1.165, 1.54) is 24.3 Å². The van der Waals surface area contributed by atoms with Crippen molar-refractivity contribution < 1.29 is 23.5 Å². The first kappa shape index (κ1) is 18.7. The van der Waals surface area contributed by atoms with Crippen molar-refractivity contribution in [1.82, 2.24) is 4.90 Å². The average molecular weight is 373 g/mol. The second-order valence-corrected chi connectivity index (χ2v) is 6.20. The van der Waals surface area contributed by atoms with Crippen LogP contribution >= 0.6 is 0 Å². The third-order valence-corrected chi connectivity index (χ3v) is 4.20. The number of carbonyl (C=O) groups is 2. The van der Waals surface area contributed by atoms with Gasteiger partial charge in [-0.15, -0.1) is 0 Å². The summed E-state index contributed by atoms with van der Waals surface area (Å²) < 4.78 is 23.4. The van der Waals surface area contributed by atoms with Crippen LogP contribution in [0.3, 0.4) is 0 Å². The van der Waals surface area contributed by atoms with E-state index in [1.807, 2.05) is 0 Å². The van der Waals surface area contributed by atoms with Crippen LogP contribution in [0.2, 0.25) is 0 Å². The molecule has 0 fully saturated rings. The van der Waals surface area contributed by atoms with Crippen molar-refractivity contribution in [3.8, 4) is 11.5 Å². The SMILES string of the molecule is C[C@@H](C(=O)Nc1ccc2c(c1)OCO2)N(C)CC(=O)Nc1ccc(F)cc1. The molecule has 0 radical (unpaired) electrons. The smallest absolute Gasteiger partial charge is 0.241 e. The Labute approximate surface area is 156 Å². The van der Waals surface area contributed by atoms with Gasteiger partial charge in [0.1, 0.15) is 5.82 Å². The number of likely N-dealkylation sites (N-methyl/N-ethyl adjacent to an activating group) is 1. The molecule has 0 saturated carbocycles. The van der Waals surface area contributed by atoms with Crippen molar-refractivity contribution in [3.05, 3.63) is 48.3 Å². The fourth-order valence-electron chi connectivity index (χ4n) is 2.52. The quantitative estimate of drug-likeness (QED) is 0.813. The minimum Gasteiger partial charge on any atom is -0.454 e. The molecule has 2 N–H and O–H groups in total. The zero-order valence-electron chi connectivity index (χ0n) is 15.0. The van der Waals surface area contributed by atoms with E-state index in [0.29, 0.717) is 22.9 Å². The molecule has 7 nitrogen and oxygen atoms in total. The van der Waals surface area contributed by atoms with Gasteiger partial charge in [0.2, 0.25) is 18.6 Å². The van der Waals surface area contributed by atoms with Crippen molar-refractivity contribution >= 4 is 23.2 Å². The number of hydrogen-bond acceptors (Lipinski definition) is 5. The van der Waals surface area contributed by atoms with Crippen LogP contribution < -0.4 is 20.1 Å². The van der Waals surface area contributed by atoms with Crippen LogP contribution in [0, 0.1) is 5.82 Å². The van der Waals surface area contributed by atoms with Crippen molar-refractivity contribution in [1.29, 1.82) is 0 Å². The van der Waals surface area contributed by atoms with Gasteiger partial charge in [-0.05, 0) is 50.4 Å². The van der Waals surface area contributed by atoms with Gasteiger partial charge in [0.05, 0.1) is 12.6 Å². The van der Waals surface area contributed by atoms with E-state index in [9.17, 15) is 14.0 Å². The van der Waals surface area contributed by atoms with Gasteiger partial charge in [-0.1, -0.05) is 0 Å². The molecule has 0 unspecified atom stereocenters. The number of fused-ring (bicyclic) bond motifs is 1. The number of carbonyl (C=O) groups excluding carboxylic acids is 2. The summed E-state index contributed by atoms with van der Waals surface area (Å²) in [5.74, 6) is 0.278. The number of hydrogen-bond donors (Lipinski definition) is 2. The molecule has 8 heteroatoms. The number of amides is 2. The Balaban J connectivity index is 1.52. The summed E-state index contributed by atoms with van der Waals surface area (Å²) in [7, 11) is 1.67. The molecule has 0 aromatic heterocycles. The predicted molar refractivity (Wildman–Crippen MR) is 98.3 cm³/mol. The van der Waals surface area contributed by atoms with Crippen LogP contribution in [-0.2, 0) is 9.59 Å². The third-order valence-electron chi connectivity index (χ3n) is 4.20. The van der Waals surface area contributed by atoms with Crippen LogP contribution in [0.5, 0.6) is 11.5 Å². The van der Waals surface area contributed by atoms with Gasteiger partial charge >= 0.3 is 0 Å². The van der Waals surface area contributed by atoms with Crippen molar-refractivity contribution in [3.63, 3.8) is 0 Å². The Morgan fingerprint density at radius 1 is 1.07 bits per heavy atom. The third kappa shape index (κ3) is 4.73. The molecule has 0 saturated heterocycles. The Hall–Kier alpha value is -3.13. The van der Waals surface area contributed by atoms with Gasteiger partial charge in [0.15, 0.2) is 11.5 Å². The molecule has 0 spiro atoms. The summed E-state index contributed by atoms with van der Waals surface area (Å²) in [5.41, 5.74) is 1.08. The first-order valence-electron chi connectivity index (χ1n) is 8.38. The van der Waals surface area contributed by atoms with Gasteiger partial charge in [0, 0.05) is 17.4 Å². The molecule has 2 aromatic carbocycles. The fraction of sp³-hybridized carbons (Fsp3) is 0.263. The molecule has 0 bridgehead atoms. The molecule has 3 rings (SSSR count). The van der Waals surface area contributed by atoms with E-state index in [1.54, 1.807) is 37.1 Å².